The van der Waals surface area contributed by atoms with Crippen molar-refractivity contribution in [2.24, 2.45) is 0 Å². The van der Waals surface area contributed by atoms with E-state index in [4.69, 9.17) is 24.5 Å². The number of hydrogen-bond acceptors (Lipinski definition) is 7. The maximum absolute atomic E-state index is 12.2. The second kappa shape index (κ2) is 10.9. The number of aliphatic carboxylic acids is 2. The summed E-state index contributed by atoms with van der Waals surface area (Å²) in [5.41, 5.74) is 1.17. The fourth-order valence-corrected chi connectivity index (χ4v) is 4.80. The van der Waals surface area contributed by atoms with Crippen LogP contribution in [0.15, 0.2) is 54.7 Å². The summed E-state index contributed by atoms with van der Waals surface area (Å²) in [6, 6.07) is 16.1. The highest BCUT2D eigenvalue weighted by atomic mass is 16.5. The Morgan fingerprint density at radius 2 is 1.63 bits per heavy atom. The number of fused-ring (bicyclic) bond motifs is 1. The average molecular weight is 484 g/mol. The van der Waals surface area contributed by atoms with Gasteiger partial charge in [0.05, 0.1) is 7.11 Å². The molecule has 35 heavy (non-hydrogen) atoms. The molecule has 0 aromatic heterocycles. The molecule has 2 aliphatic rings. The minimum atomic E-state index is -1.82. The van der Waals surface area contributed by atoms with Gasteiger partial charge in [-0.2, -0.15) is 0 Å². The van der Waals surface area contributed by atoms with Gasteiger partial charge in [-0.15, -0.1) is 0 Å². The lowest BCUT2D eigenvalue weighted by Crippen LogP contribution is -2.69. The van der Waals surface area contributed by atoms with E-state index in [-0.39, 0.29) is 0 Å². The normalized spacial score (nSPS) is 21.5. The number of rotatable bonds is 5. The molecule has 0 spiro atoms. The molecular weight excluding hydrogens is 450 g/mol. The zero-order valence-electron chi connectivity index (χ0n) is 20.3. The number of methoxy groups -OCH3 is 1. The van der Waals surface area contributed by atoms with E-state index in [0.29, 0.717) is 0 Å². The molecular formula is C26H33N3O6. The van der Waals surface area contributed by atoms with E-state index in [1.165, 1.54) is 0 Å². The Morgan fingerprint density at radius 1 is 1.03 bits per heavy atom. The molecule has 2 unspecified atom stereocenters. The van der Waals surface area contributed by atoms with E-state index >= 15 is 0 Å². The van der Waals surface area contributed by atoms with Gasteiger partial charge in [-0.05, 0) is 49.0 Å². The molecule has 4 N–H and O–H groups in total. The molecule has 1 saturated heterocycles. The number of carbonyl (C=O) groups is 2. The standard InChI is InChI=1S/C24H31N3O2.C2H2O4/c1-4-26-15-17-27(18-16-26)24(22-8-6-5-7-19(22)13-14-25-24)23(2,28)20-9-11-21(29-3)12-10-20;3-1(4)2(5)6/h5-14,25,28H,4,15-18H2,1-3H3;(H,3,4)(H,5,6). The summed E-state index contributed by atoms with van der Waals surface area (Å²) in [5.74, 6) is -2.86. The number of likely N-dealkylation sites (N-methyl/N-ethyl adjacent to an activating group) is 1. The molecule has 2 heterocycles. The fraction of sp³-hybridized carbons (Fsp3) is 0.385. The minimum Gasteiger partial charge on any atom is -0.497 e. The van der Waals surface area contributed by atoms with Crippen molar-refractivity contribution in [1.29, 1.82) is 0 Å². The van der Waals surface area contributed by atoms with Crippen molar-refractivity contribution in [3.63, 3.8) is 0 Å². The Hall–Kier alpha value is -3.40. The van der Waals surface area contributed by atoms with E-state index in [1.807, 2.05) is 37.4 Å². The third kappa shape index (κ3) is 5.17. The fourth-order valence-electron chi connectivity index (χ4n) is 4.80. The van der Waals surface area contributed by atoms with E-state index in [0.717, 1.165) is 55.2 Å². The molecule has 0 bridgehead atoms. The van der Waals surface area contributed by atoms with Crippen LogP contribution in [0.25, 0.3) is 6.08 Å². The largest absolute Gasteiger partial charge is 0.497 e. The van der Waals surface area contributed by atoms with Crippen LogP contribution in [-0.4, -0.2) is 76.9 Å². The molecule has 2 aromatic carbocycles. The smallest absolute Gasteiger partial charge is 0.414 e. The lowest BCUT2D eigenvalue weighted by atomic mass is 9.74. The first-order valence-corrected chi connectivity index (χ1v) is 11.5. The topological polar surface area (TPSA) is 123 Å². The van der Waals surface area contributed by atoms with Gasteiger partial charge in [-0.3, -0.25) is 4.90 Å². The van der Waals surface area contributed by atoms with Crippen molar-refractivity contribution in [1.82, 2.24) is 15.1 Å². The first kappa shape index (κ1) is 26.2. The van der Waals surface area contributed by atoms with Crippen LogP contribution < -0.4 is 10.1 Å². The lowest BCUT2D eigenvalue weighted by Gasteiger charge is -2.56. The van der Waals surface area contributed by atoms with Gasteiger partial charge in [0.1, 0.15) is 11.4 Å². The molecule has 9 heteroatoms. The number of carboxylic acid groups (broad SMARTS) is 2. The highest BCUT2D eigenvalue weighted by molar-refractivity contribution is 6.27. The number of nitrogens with zero attached hydrogens (tertiary/aromatic N) is 2. The Kier molecular flexibility index (Phi) is 8.16. The van der Waals surface area contributed by atoms with Crippen molar-refractivity contribution in [2.45, 2.75) is 25.1 Å². The SMILES string of the molecule is CCN1CCN(C2(C(C)(O)c3ccc(OC)cc3)NC=Cc3ccccc32)CC1.O=C(O)C(=O)O. The molecule has 2 aromatic rings. The van der Waals surface area contributed by atoms with Crippen LogP contribution >= 0.6 is 0 Å². The monoisotopic (exact) mass is 483 g/mol. The molecule has 188 valence electrons. The van der Waals surface area contributed by atoms with Crippen molar-refractivity contribution in [2.75, 3.05) is 39.8 Å². The van der Waals surface area contributed by atoms with E-state index in [2.05, 4.69) is 52.4 Å². The van der Waals surface area contributed by atoms with Gasteiger partial charge in [0.15, 0.2) is 5.66 Å². The van der Waals surface area contributed by atoms with Gasteiger partial charge in [0.2, 0.25) is 0 Å². The molecule has 2 atom stereocenters. The van der Waals surface area contributed by atoms with Crippen LogP contribution in [0.4, 0.5) is 0 Å². The number of piperazine rings is 1. The number of ether oxygens (including phenoxy) is 1. The second-order valence-electron chi connectivity index (χ2n) is 8.61. The first-order chi connectivity index (χ1) is 16.7. The Morgan fingerprint density at radius 3 is 2.17 bits per heavy atom. The Bertz CT molecular complexity index is 1050. The third-order valence-corrected chi connectivity index (χ3v) is 6.74. The van der Waals surface area contributed by atoms with Crippen LogP contribution in [-0.2, 0) is 20.9 Å². The summed E-state index contributed by atoms with van der Waals surface area (Å²) in [6.45, 7) is 8.93. The molecule has 9 nitrogen and oxygen atoms in total. The average Bonchev–Trinajstić information content (AvgIpc) is 2.88. The lowest BCUT2D eigenvalue weighted by molar-refractivity contribution is -0.159. The van der Waals surface area contributed by atoms with Crippen molar-refractivity contribution < 1.29 is 29.6 Å². The van der Waals surface area contributed by atoms with Gasteiger partial charge in [0, 0.05) is 31.7 Å². The van der Waals surface area contributed by atoms with Gasteiger partial charge in [-0.25, -0.2) is 9.59 Å². The summed E-state index contributed by atoms with van der Waals surface area (Å²) < 4.78 is 5.32. The molecule has 4 rings (SSSR count). The minimum absolute atomic E-state index is 0.757. The molecule has 1 fully saturated rings. The number of carboxylic acids is 2. The van der Waals surface area contributed by atoms with Crippen LogP contribution in [0.3, 0.4) is 0 Å². The zero-order chi connectivity index (χ0) is 25.6. The third-order valence-electron chi connectivity index (χ3n) is 6.74. The Balaban J connectivity index is 0.000000509. The molecule has 0 aliphatic carbocycles. The quantitative estimate of drug-likeness (QED) is 0.474. The molecule has 0 amide bonds. The summed E-state index contributed by atoms with van der Waals surface area (Å²) >= 11 is 0. The van der Waals surface area contributed by atoms with Gasteiger partial charge >= 0.3 is 11.9 Å². The summed E-state index contributed by atoms with van der Waals surface area (Å²) in [5, 5.41) is 30.5. The van der Waals surface area contributed by atoms with Crippen molar-refractivity contribution >= 4 is 18.0 Å². The van der Waals surface area contributed by atoms with Crippen molar-refractivity contribution in [3.05, 3.63) is 71.4 Å². The van der Waals surface area contributed by atoms with Gasteiger partial charge in [-0.1, -0.05) is 43.3 Å². The summed E-state index contributed by atoms with van der Waals surface area (Å²) in [7, 11) is 1.66. The highest BCUT2D eigenvalue weighted by Gasteiger charge is 2.55. The van der Waals surface area contributed by atoms with Crippen LogP contribution in [0, 0.1) is 0 Å². The van der Waals surface area contributed by atoms with E-state index < -0.39 is 23.2 Å². The van der Waals surface area contributed by atoms with E-state index in [9.17, 15) is 5.11 Å². The number of hydrogen-bond donors (Lipinski definition) is 4. The van der Waals surface area contributed by atoms with Crippen LogP contribution in [0.2, 0.25) is 0 Å². The second-order valence-corrected chi connectivity index (χ2v) is 8.61. The zero-order valence-corrected chi connectivity index (χ0v) is 20.3. The maximum atomic E-state index is 12.2. The predicted octanol–water partition coefficient (Wildman–Crippen LogP) is 2.12. The molecule has 0 radical (unpaired) electrons. The number of benzene rings is 2. The van der Waals surface area contributed by atoms with Crippen LogP contribution in [0.1, 0.15) is 30.5 Å². The van der Waals surface area contributed by atoms with Gasteiger partial charge in [0.25, 0.3) is 0 Å². The molecule has 2 aliphatic heterocycles. The van der Waals surface area contributed by atoms with Crippen LogP contribution in [0.5, 0.6) is 5.75 Å². The summed E-state index contributed by atoms with van der Waals surface area (Å²) in [4.78, 5) is 23.1. The summed E-state index contributed by atoms with van der Waals surface area (Å²) in [6.07, 6.45) is 4.06. The number of aliphatic hydroxyl groups is 1. The predicted molar refractivity (Wildman–Crippen MR) is 132 cm³/mol. The number of nitrogens with one attached hydrogen (secondary N) is 1. The van der Waals surface area contributed by atoms with Gasteiger partial charge < -0.3 is 30.3 Å². The Labute approximate surface area is 205 Å². The molecule has 0 saturated carbocycles. The van der Waals surface area contributed by atoms with Crippen molar-refractivity contribution in [3.8, 4) is 5.75 Å². The first-order valence-electron chi connectivity index (χ1n) is 11.5. The maximum Gasteiger partial charge on any atom is 0.414 e. The van der Waals surface area contributed by atoms with E-state index in [1.54, 1.807) is 7.11 Å². The highest BCUT2D eigenvalue weighted by Crippen LogP contribution is 2.46.